The lowest BCUT2D eigenvalue weighted by Crippen LogP contribution is -2.38. The van der Waals surface area contributed by atoms with Crippen molar-refractivity contribution in [3.63, 3.8) is 0 Å². The lowest BCUT2D eigenvalue weighted by atomic mass is 10.2. The molecule has 1 aliphatic rings. The molecule has 1 aromatic carbocycles. The summed E-state index contributed by atoms with van der Waals surface area (Å²) < 4.78 is 18.0. The number of fused-ring (bicyclic) bond motifs is 1. The Morgan fingerprint density at radius 3 is 2.55 bits per heavy atom. The van der Waals surface area contributed by atoms with Gasteiger partial charge in [-0.25, -0.2) is 9.97 Å². The van der Waals surface area contributed by atoms with Gasteiger partial charge in [-0.2, -0.15) is 0 Å². The Labute approximate surface area is 185 Å². The molecule has 0 bridgehead atoms. The van der Waals surface area contributed by atoms with E-state index in [0.717, 1.165) is 42.5 Å². The molecule has 31 heavy (non-hydrogen) atoms. The molecule has 3 aromatic rings. The molecule has 0 N–H and O–H groups in total. The van der Waals surface area contributed by atoms with Gasteiger partial charge in [0, 0.05) is 24.5 Å². The Morgan fingerprint density at radius 1 is 1.10 bits per heavy atom. The number of rotatable bonds is 8. The topological polar surface area (TPSA) is 78.7 Å². The summed E-state index contributed by atoms with van der Waals surface area (Å²) in [5.74, 6) is 1.79. The Bertz CT molecular complexity index is 1100. The van der Waals surface area contributed by atoms with Crippen LogP contribution in [0.3, 0.4) is 0 Å². The number of aromatic nitrogens is 3. The molecule has 1 fully saturated rings. The van der Waals surface area contributed by atoms with Crippen molar-refractivity contribution in [2.75, 3.05) is 40.5 Å². The molecule has 1 saturated heterocycles. The largest absolute Gasteiger partial charge is 0.493 e. The molecule has 9 heteroatoms. The zero-order chi connectivity index (χ0) is 21.8. The smallest absolute Gasteiger partial charge is 0.261 e. The molecule has 3 heterocycles. The molecule has 0 saturated carbocycles. The second-order valence-corrected chi connectivity index (χ2v) is 8.46. The average molecular weight is 445 g/mol. The molecule has 8 nitrogen and oxygen atoms in total. The van der Waals surface area contributed by atoms with E-state index in [1.54, 1.807) is 42.3 Å². The summed E-state index contributed by atoms with van der Waals surface area (Å²) in [6.45, 7) is 6.13. The standard InChI is InChI=1S/C22H28N4O4S/c1-4-5-21-23-15(14-31-21)12-26-20(13-25-6-8-30-9-7-25)24-17-11-19(29-3)18(28-2)10-16(17)22(26)27/h10-11,14H,4-9,12-13H2,1-3H3. The van der Waals surface area contributed by atoms with Crippen molar-refractivity contribution in [3.8, 4) is 11.5 Å². The number of hydrogen-bond acceptors (Lipinski definition) is 8. The number of nitrogens with zero attached hydrogens (tertiary/aromatic N) is 4. The monoisotopic (exact) mass is 444 g/mol. The quantitative estimate of drug-likeness (QED) is 0.529. The molecule has 166 valence electrons. The van der Waals surface area contributed by atoms with Crippen LogP contribution in [0.4, 0.5) is 0 Å². The van der Waals surface area contributed by atoms with Crippen LogP contribution >= 0.6 is 11.3 Å². The van der Waals surface area contributed by atoms with Crippen LogP contribution in [-0.2, 0) is 24.2 Å². The van der Waals surface area contributed by atoms with Crippen molar-refractivity contribution in [2.24, 2.45) is 0 Å². The molecule has 0 amide bonds. The van der Waals surface area contributed by atoms with Crippen LogP contribution in [0.5, 0.6) is 11.5 Å². The highest BCUT2D eigenvalue weighted by atomic mass is 32.1. The zero-order valence-corrected chi connectivity index (χ0v) is 19.0. The van der Waals surface area contributed by atoms with Crippen molar-refractivity contribution < 1.29 is 14.2 Å². The number of benzene rings is 1. The predicted octanol–water partition coefficient (Wildman–Crippen LogP) is 2.70. The maximum atomic E-state index is 13.6. The molecule has 4 rings (SSSR count). The van der Waals surface area contributed by atoms with Crippen molar-refractivity contribution in [1.82, 2.24) is 19.4 Å². The van der Waals surface area contributed by atoms with E-state index < -0.39 is 0 Å². The first-order chi connectivity index (χ1) is 15.1. The number of ether oxygens (including phenoxy) is 3. The molecule has 0 spiro atoms. The Balaban J connectivity index is 1.79. The first kappa shape index (κ1) is 21.7. The van der Waals surface area contributed by atoms with Gasteiger partial charge in [-0.15, -0.1) is 11.3 Å². The summed E-state index contributed by atoms with van der Waals surface area (Å²) in [5, 5.41) is 3.64. The van der Waals surface area contributed by atoms with E-state index in [2.05, 4.69) is 11.8 Å². The van der Waals surface area contributed by atoms with Crippen molar-refractivity contribution in [1.29, 1.82) is 0 Å². The van der Waals surface area contributed by atoms with Crippen LogP contribution in [0, 0.1) is 0 Å². The van der Waals surface area contributed by atoms with Gasteiger partial charge in [-0.05, 0) is 18.9 Å². The van der Waals surface area contributed by atoms with Gasteiger partial charge >= 0.3 is 0 Å². The van der Waals surface area contributed by atoms with Gasteiger partial charge in [0.2, 0.25) is 0 Å². The van der Waals surface area contributed by atoms with Gasteiger partial charge in [0.1, 0.15) is 5.82 Å². The SMILES string of the molecule is CCCc1nc(Cn2c(CN3CCOCC3)nc3cc(OC)c(OC)cc3c2=O)cs1. The summed E-state index contributed by atoms with van der Waals surface area (Å²) >= 11 is 1.65. The van der Waals surface area contributed by atoms with E-state index in [0.29, 0.717) is 48.7 Å². The fourth-order valence-electron chi connectivity index (χ4n) is 3.75. The number of methoxy groups -OCH3 is 2. The number of thiazole rings is 1. The van der Waals surface area contributed by atoms with Gasteiger partial charge < -0.3 is 14.2 Å². The van der Waals surface area contributed by atoms with Crippen LogP contribution in [0.15, 0.2) is 22.3 Å². The number of hydrogen-bond donors (Lipinski definition) is 0. The zero-order valence-electron chi connectivity index (χ0n) is 18.2. The normalized spacial score (nSPS) is 14.8. The molecular formula is C22H28N4O4S. The minimum atomic E-state index is -0.0979. The van der Waals surface area contributed by atoms with Crippen LogP contribution in [-0.4, -0.2) is 60.0 Å². The highest BCUT2D eigenvalue weighted by Crippen LogP contribution is 2.30. The Hall–Kier alpha value is -2.49. The molecule has 0 radical (unpaired) electrons. The second-order valence-electron chi connectivity index (χ2n) is 7.51. The fourth-order valence-corrected chi connectivity index (χ4v) is 4.64. The lowest BCUT2D eigenvalue weighted by molar-refractivity contribution is 0.0325. The van der Waals surface area contributed by atoms with Crippen LogP contribution in [0.25, 0.3) is 10.9 Å². The Morgan fingerprint density at radius 2 is 1.84 bits per heavy atom. The van der Waals surface area contributed by atoms with E-state index in [9.17, 15) is 4.79 Å². The maximum Gasteiger partial charge on any atom is 0.261 e. The van der Waals surface area contributed by atoms with Gasteiger partial charge in [-0.1, -0.05) is 6.92 Å². The molecule has 1 aliphatic heterocycles. The fraction of sp³-hybridized carbons (Fsp3) is 0.500. The van der Waals surface area contributed by atoms with E-state index >= 15 is 0 Å². The average Bonchev–Trinajstić information content (AvgIpc) is 3.23. The summed E-state index contributed by atoms with van der Waals surface area (Å²) in [6.07, 6.45) is 2.00. The summed E-state index contributed by atoms with van der Waals surface area (Å²) in [5.41, 5.74) is 1.40. The van der Waals surface area contributed by atoms with Gasteiger partial charge in [0.25, 0.3) is 5.56 Å². The summed E-state index contributed by atoms with van der Waals surface area (Å²) in [7, 11) is 3.14. The van der Waals surface area contributed by atoms with Gasteiger partial charge in [-0.3, -0.25) is 14.3 Å². The van der Waals surface area contributed by atoms with Crippen molar-refractivity contribution in [3.05, 3.63) is 44.4 Å². The third-order valence-corrected chi connectivity index (χ3v) is 6.35. The minimum Gasteiger partial charge on any atom is -0.493 e. The minimum absolute atomic E-state index is 0.0979. The Kier molecular flexibility index (Phi) is 6.84. The van der Waals surface area contributed by atoms with E-state index in [-0.39, 0.29) is 5.56 Å². The lowest BCUT2D eigenvalue weighted by Gasteiger charge is -2.27. The molecular weight excluding hydrogens is 416 g/mol. The third-order valence-electron chi connectivity index (χ3n) is 5.39. The highest BCUT2D eigenvalue weighted by Gasteiger charge is 2.19. The highest BCUT2D eigenvalue weighted by molar-refractivity contribution is 7.09. The molecule has 0 aliphatic carbocycles. The maximum absolute atomic E-state index is 13.6. The van der Waals surface area contributed by atoms with Crippen molar-refractivity contribution >= 4 is 22.2 Å². The molecule has 0 unspecified atom stereocenters. The van der Waals surface area contributed by atoms with Gasteiger partial charge in [0.15, 0.2) is 11.5 Å². The van der Waals surface area contributed by atoms with Crippen molar-refractivity contribution in [2.45, 2.75) is 32.9 Å². The first-order valence-corrected chi connectivity index (χ1v) is 11.4. The summed E-state index contributed by atoms with van der Waals surface area (Å²) in [4.78, 5) is 25.4. The molecule has 0 atom stereocenters. The number of morpholine rings is 1. The van der Waals surface area contributed by atoms with Crippen LogP contribution in [0.2, 0.25) is 0 Å². The predicted molar refractivity (Wildman–Crippen MR) is 120 cm³/mol. The number of aryl methyl sites for hydroxylation is 1. The van der Waals surface area contributed by atoms with E-state index in [1.807, 2.05) is 5.38 Å². The van der Waals surface area contributed by atoms with E-state index in [4.69, 9.17) is 24.2 Å². The van der Waals surface area contributed by atoms with Crippen LogP contribution < -0.4 is 15.0 Å². The molecule has 2 aromatic heterocycles. The second kappa shape index (κ2) is 9.76. The third kappa shape index (κ3) is 4.73. The van der Waals surface area contributed by atoms with Gasteiger partial charge in [0.05, 0.1) is 62.1 Å². The van der Waals surface area contributed by atoms with Crippen LogP contribution in [0.1, 0.15) is 29.9 Å². The summed E-state index contributed by atoms with van der Waals surface area (Å²) in [6, 6.07) is 3.48. The first-order valence-electron chi connectivity index (χ1n) is 10.5. The van der Waals surface area contributed by atoms with E-state index in [1.165, 1.54) is 0 Å².